The average molecular weight is 454 g/mol. The summed E-state index contributed by atoms with van der Waals surface area (Å²) in [4.78, 5) is 14.0. The fraction of sp³-hybridized carbons (Fsp3) is 0.500. The van der Waals surface area contributed by atoms with Crippen LogP contribution in [0, 0.1) is 11.8 Å². The highest BCUT2D eigenvalue weighted by atomic mass is 35.5. The summed E-state index contributed by atoms with van der Waals surface area (Å²) < 4.78 is 5.51. The minimum atomic E-state index is -0.717. The topological polar surface area (TPSA) is 62.4 Å². The summed E-state index contributed by atoms with van der Waals surface area (Å²) in [5.41, 5.74) is 2.38. The van der Waals surface area contributed by atoms with Gasteiger partial charge in [0.15, 0.2) is 0 Å². The van der Waals surface area contributed by atoms with E-state index in [1.54, 1.807) is 0 Å². The molecule has 1 saturated carbocycles. The molecule has 1 aliphatic carbocycles. The van der Waals surface area contributed by atoms with Crippen molar-refractivity contribution in [1.82, 2.24) is 5.32 Å². The largest absolute Gasteiger partial charge is 0.381 e. The number of benzene rings is 2. The van der Waals surface area contributed by atoms with Crippen LogP contribution in [0.1, 0.15) is 50.5 Å². The lowest BCUT2D eigenvalue weighted by atomic mass is 9.71. The third kappa shape index (κ3) is 4.20. The van der Waals surface area contributed by atoms with E-state index in [2.05, 4.69) is 28.1 Å². The Balaban J connectivity index is 1.55. The summed E-state index contributed by atoms with van der Waals surface area (Å²) >= 11 is 6.24. The number of ether oxygens (including phenoxy) is 1. The molecule has 0 spiro atoms. The van der Waals surface area contributed by atoms with Gasteiger partial charge in [-0.15, -0.1) is 0 Å². The van der Waals surface area contributed by atoms with Crippen molar-refractivity contribution in [3.8, 4) is 0 Å². The molecule has 5 nitrogen and oxygen atoms in total. The van der Waals surface area contributed by atoms with Gasteiger partial charge in [0.1, 0.15) is 5.66 Å². The zero-order valence-corrected chi connectivity index (χ0v) is 19.2. The van der Waals surface area contributed by atoms with Gasteiger partial charge in [-0.25, -0.2) is 0 Å². The van der Waals surface area contributed by atoms with Crippen molar-refractivity contribution < 1.29 is 9.53 Å². The molecule has 0 bridgehead atoms. The second-order valence-electron chi connectivity index (χ2n) is 9.38. The highest BCUT2D eigenvalue weighted by Crippen LogP contribution is 2.49. The maximum Gasteiger partial charge on any atom is 0.228 e. The Labute approximate surface area is 195 Å². The predicted octanol–water partition coefficient (Wildman–Crippen LogP) is 5.52. The lowest BCUT2D eigenvalue weighted by Gasteiger charge is -2.44. The standard InChI is InChI=1S/C26H32ClN3O2/c27-20-12-10-19(11-13-20)26(29-22-8-4-5-9-23(22)30-26)24(18-6-2-1-3-7-18)25(31)28-21-14-16-32-17-15-21/h4-5,8-13,18,21,24,29-30H,1-3,6-7,14-17H2,(H,28,31). The minimum Gasteiger partial charge on any atom is -0.381 e. The zero-order valence-electron chi connectivity index (χ0n) is 18.4. The van der Waals surface area contributed by atoms with Crippen molar-refractivity contribution in [3.63, 3.8) is 0 Å². The fourth-order valence-corrected chi connectivity index (χ4v) is 5.84. The van der Waals surface area contributed by atoms with Gasteiger partial charge in [-0.3, -0.25) is 4.79 Å². The predicted molar refractivity (Wildman–Crippen MR) is 129 cm³/mol. The van der Waals surface area contributed by atoms with Crippen LogP contribution in [0.15, 0.2) is 48.5 Å². The number of hydrogen-bond donors (Lipinski definition) is 3. The number of rotatable bonds is 5. The molecule has 2 aromatic rings. The van der Waals surface area contributed by atoms with Crippen molar-refractivity contribution in [1.29, 1.82) is 0 Å². The van der Waals surface area contributed by atoms with Crippen molar-refractivity contribution in [3.05, 3.63) is 59.1 Å². The number of anilines is 2. The molecular weight excluding hydrogens is 422 g/mol. The molecule has 2 aliphatic heterocycles. The van der Waals surface area contributed by atoms with Crippen LogP contribution in [0.25, 0.3) is 0 Å². The molecular formula is C26H32ClN3O2. The van der Waals surface area contributed by atoms with Crippen LogP contribution in [0.2, 0.25) is 5.02 Å². The molecule has 3 aliphatic rings. The zero-order chi connectivity index (χ0) is 22.0. The van der Waals surface area contributed by atoms with Gasteiger partial charge in [0, 0.05) is 24.3 Å². The van der Waals surface area contributed by atoms with Crippen LogP contribution in [-0.2, 0) is 15.2 Å². The Hall–Kier alpha value is -2.24. The molecule has 3 N–H and O–H groups in total. The van der Waals surface area contributed by atoms with Gasteiger partial charge in [-0.1, -0.05) is 55.1 Å². The molecule has 170 valence electrons. The third-order valence-electron chi connectivity index (χ3n) is 7.33. The first-order valence-corrected chi connectivity index (χ1v) is 12.3. The maximum atomic E-state index is 14.0. The summed E-state index contributed by atoms with van der Waals surface area (Å²) in [6.45, 7) is 1.42. The Morgan fingerprint density at radius 1 is 0.938 bits per heavy atom. The van der Waals surface area contributed by atoms with Gasteiger partial charge in [-0.05, 0) is 61.4 Å². The Morgan fingerprint density at radius 3 is 2.19 bits per heavy atom. The average Bonchev–Trinajstić information content (AvgIpc) is 3.21. The lowest BCUT2D eigenvalue weighted by molar-refractivity contribution is -0.130. The molecule has 5 rings (SSSR count). The minimum absolute atomic E-state index is 0.131. The molecule has 2 heterocycles. The van der Waals surface area contributed by atoms with E-state index in [1.165, 1.54) is 19.3 Å². The van der Waals surface area contributed by atoms with E-state index >= 15 is 0 Å². The Kier molecular flexibility index (Phi) is 6.29. The molecule has 0 aromatic heterocycles. The van der Waals surface area contributed by atoms with E-state index in [-0.39, 0.29) is 17.9 Å². The van der Waals surface area contributed by atoms with Gasteiger partial charge in [0.25, 0.3) is 0 Å². The Bertz CT molecular complexity index is 911. The van der Waals surface area contributed by atoms with E-state index in [1.807, 2.05) is 36.4 Å². The molecule has 2 fully saturated rings. The van der Waals surface area contributed by atoms with Crippen molar-refractivity contribution in [2.24, 2.45) is 11.8 Å². The van der Waals surface area contributed by atoms with Crippen LogP contribution in [0.4, 0.5) is 11.4 Å². The van der Waals surface area contributed by atoms with Crippen LogP contribution in [0.3, 0.4) is 0 Å². The molecule has 0 radical (unpaired) electrons. The van der Waals surface area contributed by atoms with Crippen molar-refractivity contribution in [2.45, 2.75) is 56.7 Å². The third-order valence-corrected chi connectivity index (χ3v) is 7.58. The number of nitrogens with one attached hydrogen (secondary N) is 3. The van der Waals surface area contributed by atoms with E-state index in [9.17, 15) is 4.79 Å². The quantitative estimate of drug-likeness (QED) is 0.557. The number of para-hydroxylation sites is 2. The Morgan fingerprint density at radius 2 is 1.56 bits per heavy atom. The maximum absolute atomic E-state index is 14.0. The van der Waals surface area contributed by atoms with Crippen LogP contribution < -0.4 is 16.0 Å². The van der Waals surface area contributed by atoms with Gasteiger partial charge in [0.05, 0.1) is 17.3 Å². The normalized spacial score (nSPS) is 21.8. The van der Waals surface area contributed by atoms with Crippen LogP contribution >= 0.6 is 11.6 Å². The molecule has 1 atom stereocenters. The second-order valence-corrected chi connectivity index (χ2v) is 9.82. The first-order valence-electron chi connectivity index (χ1n) is 12.0. The summed E-state index contributed by atoms with van der Waals surface area (Å²) in [7, 11) is 0. The van der Waals surface area contributed by atoms with Gasteiger partial charge in [0.2, 0.25) is 5.91 Å². The van der Waals surface area contributed by atoms with Crippen molar-refractivity contribution in [2.75, 3.05) is 23.8 Å². The highest BCUT2D eigenvalue weighted by Gasteiger charge is 2.52. The smallest absolute Gasteiger partial charge is 0.228 e. The monoisotopic (exact) mass is 453 g/mol. The highest BCUT2D eigenvalue weighted by molar-refractivity contribution is 6.30. The first kappa shape index (κ1) is 21.6. The summed E-state index contributed by atoms with van der Waals surface area (Å²) in [5.74, 6) is 0.180. The molecule has 1 amide bonds. The van der Waals surface area contributed by atoms with E-state index in [4.69, 9.17) is 16.3 Å². The first-order chi connectivity index (χ1) is 15.7. The number of halogens is 1. The molecule has 1 saturated heterocycles. The van der Waals surface area contributed by atoms with Gasteiger partial charge in [-0.2, -0.15) is 0 Å². The van der Waals surface area contributed by atoms with E-state index < -0.39 is 5.66 Å². The number of fused-ring (bicyclic) bond motifs is 1. The SMILES string of the molecule is O=C(NC1CCOCC1)C(C1CCCCC1)C1(c2ccc(Cl)cc2)Nc2ccccc2N1. The van der Waals surface area contributed by atoms with Gasteiger partial charge < -0.3 is 20.7 Å². The fourth-order valence-electron chi connectivity index (χ4n) is 5.71. The van der Waals surface area contributed by atoms with E-state index in [0.29, 0.717) is 24.2 Å². The van der Waals surface area contributed by atoms with Crippen LogP contribution in [-0.4, -0.2) is 25.2 Å². The number of hydrogen-bond acceptors (Lipinski definition) is 4. The molecule has 6 heteroatoms. The lowest BCUT2D eigenvalue weighted by Crippen LogP contribution is -2.57. The summed E-state index contributed by atoms with van der Waals surface area (Å²) in [6, 6.07) is 16.3. The molecule has 2 aromatic carbocycles. The van der Waals surface area contributed by atoms with Gasteiger partial charge >= 0.3 is 0 Å². The van der Waals surface area contributed by atoms with Crippen LogP contribution in [0.5, 0.6) is 0 Å². The second kappa shape index (κ2) is 9.32. The van der Waals surface area contributed by atoms with E-state index in [0.717, 1.165) is 42.6 Å². The number of amides is 1. The molecule has 1 unspecified atom stereocenters. The summed E-state index contributed by atoms with van der Waals surface area (Å²) in [5, 5.41) is 11.6. The summed E-state index contributed by atoms with van der Waals surface area (Å²) in [6.07, 6.45) is 7.49. The molecule has 32 heavy (non-hydrogen) atoms. The number of carbonyl (C=O) groups is 1. The van der Waals surface area contributed by atoms with Crippen molar-refractivity contribution >= 4 is 28.9 Å². The number of carbonyl (C=O) groups excluding carboxylic acids is 1.